The molecule has 2 fully saturated rings. The number of alkyl halides is 3. The molecule has 1 atom stereocenters. The van der Waals surface area contributed by atoms with Crippen LogP contribution >= 0.6 is 11.6 Å². The van der Waals surface area contributed by atoms with Crippen molar-refractivity contribution in [3.8, 4) is 0 Å². The van der Waals surface area contributed by atoms with E-state index in [0.29, 0.717) is 37.4 Å². The first kappa shape index (κ1) is 18.5. The molecule has 8 heteroatoms. The standard InChI is InChI=1S/C17H20ClF3N2O2/c18-13-3-1-12(2-4-13)16(25)6-9-22(10-7-16)14-5-8-23(15(14)24)11-17(19,20)21/h1-4,14,25H,5-11H2. The quantitative estimate of drug-likeness (QED) is 0.882. The van der Waals surface area contributed by atoms with Crippen molar-refractivity contribution < 1.29 is 23.1 Å². The van der Waals surface area contributed by atoms with Crippen LogP contribution in [0.15, 0.2) is 24.3 Å². The second-order valence-electron chi connectivity index (χ2n) is 6.75. The van der Waals surface area contributed by atoms with Crippen LogP contribution in [0.3, 0.4) is 0 Å². The molecule has 2 saturated heterocycles. The molecule has 0 aliphatic carbocycles. The number of likely N-dealkylation sites (tertiary alicyclic amines) is 2. The van der Waals surface area contributed by atoms with Crippen molar-refractivity contribution in [2.24, 2.45) is 0 Å². The Kier molecular flexibility index (Phi) is 5.01. The minimum absolute atomic E-state index is 0.126. The van der Waals surface area contributed by atoms with E-state index in [1.165, 1.54) is 0 Å². The van der Waals surface area contributed by atoms with Crippen molar-refractivity contribution in [3.63, 3.8) is 0 Å². The summed E-state index contributed by atoms with van der Waals surface area (Å²) in [6.07, 6.45) is -3.12. The van der Waals surface area contributed by atoms with E-state index >= 15 is 0 Å². The molecule has 1 N–H and O–H groups in total. The van der Waals surface area contributed by atoms with Gasteiger partial charge in [0.25, 0.3) is 0 Å². The maximum atomic E-state index is 12.5. The number of amides is 1. The Morgan fingerprint density at radius 3 is 2.32 bits per heavy atom. The van der Waals surface area contributed by atoms with E-state index in [-0.39, 0.29) is 6.54 Å². The van der Waals surface area contributed by atoms with Gasteiger partial charge in [-0.3, -0.25) is 9.69 Å². The van der Waals surface area contributed by atoms with Crippen LogP contribution in [0.25, 0.3) is 0 Å². The number of carbonyl (C=O) groups excluding carboxylic acids is 1. The fraction of sp³-hybridized carbons (Fsp3) is 0.588. The zero-order valence-electron chi connectivity index (χ0n) is 13.6. The molecule has 3 rings (SSSR count). The van der Waals surface area contributed by atoms with Crippen molar-refractivity contribution in [2.75, 3.05) is 26.2 Å². The molecule has 0 radical (unpaired) electrons. The summed E-state index contributed by atoms with van der Waals surface area (Å²) in [5.74, 6) is -0.464. The highest BCUT2D eigenvalue weighted by Crippen LogP contribution is 2.35. The van der Waals surface area contributed by atoms with Gasteiger partial charge in [0.05, 0.1) is 11.6 Å². The van der Waals surface area contributed by atoms with Crippen LogP contribution in [0.1, 0.15) is 24.8 Å². The van der Waals surface area contributed by atoms with Crippen LogP contribution < -0.4 is 0 Å². The topological polar surface area (TPSA) is 43.8 Å². The van der Waals surface area contributed by atoms with Gasteiger partial charge in [0.2, 0.25) is 5.91 Å². The summed E-state index contributed by atoms with van der Waals surface area (Å²) in [7, 11) is 0. The number of aliphatic hydroxyl groups is 1. The number of halogens is 4. The monoisotopic (exact) mass is 376 g/mol. The zero-order valence-corrected chi connectivity index (χ0v) is 14.4. The first-order valence-corrected chi connectivity index (χ1v) is 8.64. The number of hydrogen-bond acceptors (Lipinski definition) is 3. The van der Waals surface area contributed by atoms with Gasteiger partial charge in [0.15, 0.2) is 0 Å². The van der Waals surface area contributed by atoms with Crippen molar-refractivity contribution >= 4 is 17.5 Å². The number of carbonyl (C=O) groups is 1. The highest BCUT2D eigenvalue weighted by molar-refractivity contribution is 6.30. The molecule has 2 aliphatic heterocycles. The summed E-state index contributed by atoms with van der Waals surface area (Å²) in [6, 6.07) is 6.48. The summed E-state index contributed by atoms with van der Waals surface area (Å²) >= 11 is 5.87. The Labute approximate surface area is 149 Å². The first-order chi connectivity index (χ1) is 11.7. The summed E-state index contributed by atoms with van der Waals surface area (Å²) in [5, 5.41) is 11.4. The molecule has 2 aliphatic rings. The third-order valence-electron chi connectivity index (χ3n) is 5.09. The van der Waals surface area contributed by atoms with Crippen LogP contribution in [-0.4, -0.2) is 59.2 Å². The Morgan fingerprint density at radius 1 is 1.16 bits per heavy atom. The molecule has 1 aromatic carbocycles. The van der Waals surface area contributed by atoms with Gasteiger partial charge in [0, 0.05) is 24.7 Å². The smallest absolute Gasteiger partial charge is 0.385 e. The third kappa shape index (κ3) is 4.10. The number of benzene rings is 1. The molecule has 1 unspecified atom stereocenters. The molecule has 25 heavy (non-hydrogen) atoms. The fourth-order valence-corrected chi connectivity index (χ4v) is 3.82. The van der Waals surface area contributed by atoms with E-state index < -0.39 is 30.3 Å². The summed E-state index contributed by atoms with van der Waals surface area (Å²) in [6.45, 7) is -0.128. The summed E-state index contributed by atoms with van der Waals surface area (Å²) in [4.78, 5) is 15.0. The fourth-order valence-electron chi connectivity index (χ4n) is 3.69. The Bertz CT molecular complexity index is 628. The van der Waals surface area contributed by atoms with Crippen molar-refractivity contribution in [1.82, 2.24) is 9.80 Å². The SMILES string of the molecule is O=C1C(N2CCC(O)(c3ccc(Cl)cc3)CC2)CCN1CC(F)(F)F. The van der Waals surface area contributed by atoms with E-state index in [1.54, 1.807) is 24.3 Å². The number of rotatable bonds is 3. The van der Waals surface area contributed by atoms with Gasteiger partial charge in [-0.05, 0) is 37.0 Å². The Hall–Kier alpha value is -1.31. The molecule has 1 aromatic rings. The predicted molar refractivity (Wildman–Crippen MR) is 87.2 cm³/mol. The number of piperidine rings is 1. The van der Waals surface area contributed by atoms with Crippen LogP contribution in [-0.2, 0) is 10.4 Å². The molecule has 1 amide bonds. The van der Waals surface area contributed by atoms with Gasteiger partial charge in [0.1, 0.15) is 6.54 Å². The van der Waals surface area contributed by atoms with Crippen LogP contribution in [0.4, 0.5) is 13.2 Å². The van der Waals surface area contributed by atoms with Gasteiger partial charge in [-0.1, -0.05) is 23.7 Å². The largest absolute Gasteiger partial charge is 0.406 e. The molecule has 0 spiro atoms. The summed E-state index contributed by atoms with van der Waals surface area (Å²) < 4.78 is 37.6. The van der Waals surface area contributed by atoms with Crippen LogP contribution in [0.2, 0.25) is 5.02 Å². The molecule has 0 saturated carbocycles. The lowest BCUT2D eigenvalue weighted by atomic mass is 9.84. The normalized spacial score (nSPS) is 24.8. The molecule has 4 nitrogen and oxygen atoms in total. The molecule has 138 valence electrons. The lowest BCUT2D eigenvalue weighted by Gasteiger charge is -2.40. The minimum atomic E-state index is -4.37. The first-order valence-electron chi connectivity index (χ1n) is 8.26. The predicted octanol–water partition coefficient (Wildman–Crippen LogP) is 2.79. The Balaban J connectivity index is 1.61. The second kappa shape index (κ2) is 6.78. The van der Waals surface area contributed by atoms with Crippen molar-refractivity contribution in [1.29, 1.82) is 0 Å². The van der Waals surface area contributed by atoms with E-state index in [1.807, 2.05) is 4.90 Å². The molecule has 2 heterocycles. The molecule has 0 bridgehead atoms. The average Bonchev–Trinajstić information content (AvgIpc) is 2.88. The van der Waals surface area contributed by atoms with E-state index in [2.05, 4.69) is 0 Å². The third-order valence-corrected chi connectivity index (χ3v) is 5.34. The lowest BCUT2D eigenvalue weighted by molar-refractivity contribution is -0.159. The maximum absolute atomic E-state index is 12.5. The van der Waals surface area contributed by atoms with Gasteiger partial charge in [-0.15, -0.1) is 0 Å². The highest BCUT2D eigenvalue weighted by Gasteiger charge is 2.44. The number of hydrogen-bond donors (Lipinski definition) is 1. The van der Waals surface area contributed by atoms with Crippen molar-refractivity contribution in [3.05, 3.63) is 34.9 Å². The zero-order chi connectivity index (χ0) is 18.2. The number of nitrogens with zero attached hydrogens (tertiary/aromatic N) is 2. The second-order valence-corrected chi connectivity index (χ2v) is 7.19. The highest BCUT2D eigenvalue weighted by atomic mass is 35.5. The van der Waals surface area contributed by atoms with E-state index in [0.717, 1.165) is 10.5 Å². The van der Waals surface area contributed by atoms with Crippen molar-refractivity contribution in [2.45, 2.75) is 37.1 Å². The van der Waals surface area contributed by atoms with E-state index in [4.69, 9.17) is 11.6 Å². The maximum Gasteiger partial charge on any atom is 0.406 e. The lowest BCUT2D eigenvalue weighted by Crippen LogP contribution is -2.50. The van der Waals surface area contributed by atoms with E-state index in [9.17, 15) is 23.1 Å². The molecular weight excluding hydrogens is 357 g/mol. The van der Waals surface area contributed by atoms with Gasteiger partial charge in [-0.25, -0.2) is 0 Å². The Morgan fingerprint density at radius 2 is 1.76 bits per heavy atom. The average molecular weight is 377 g/mol. The van der Waals surface area contributed by atoms with Gasteiger partial charge in [-0.2, -0.15) is 13.2 Å². The minimum Gasteiger partial charge on any atom is -0.385 e. The van der Waals surface area contributed by atoms with Crippen LogP contribution in [0, 0.1) is 0 Å². The van der Waals surface area contributed by atoms with Gasteiger partial charge >= 0.3 is 6.18 Å². The summed E-state index contributed by atoms with van der Waals surface area (Å²) in [5.41, 5.74) is -0.220. The molecular formula is C17H20ClF3N2O2. The van der Waals surface area contributed by atoms with Gasteiger partial charge < -0.3 is 10.0 Å². The molecule has 0 aromatic heterocycles. The van der Waals surface area contributed by atoms with Crippen LogP contribution in [0.5, 0.6) is 0 Å².